The van der Waals surface area contributed by atoms with Crippen LogP contribution in [-0.4, -0.2) is 60.4 Å². The molecule has 1 N–H and O–H groups in total. The van der Waals surface area contributed by atoms with Crippen molar-refractivity contribution in [2.24, 2.45) is 0 Å². The molecule has 0 bridgehead atoms. The molecule has 3 rings (SSSR count). The summed E-state index contributed by atoms with van der Waals surface area (Å²) in [6.07, 6.45) is 0.574. The maximum Gasteiger partial charge on any atom is 0.183 e. The van der Waals surface area contributed by atoms with Gasteiger partial charge in [0.2, 0.25) is 0 Å². The fourth-order valence-electron chi connectivity index (χ4n) is 3.55. The van der Waals surface area contributed by atoms with Gasteiger partial charge in [-0.3, -0.25) is 0 Å². The molecule has 0 amide bonds. The summed E-state index contributed by atoms with van der Waals surface area (Å²) in [7, 11) is -4.18. The molecular weight excluding hydrogens is 450 g/mol. The van der Waals surface area contributed by atoms with Crippen molar-refractivity contribution in [3.63, 3.8) is 0 Å². The van der Waals surface area contributed by atoms with E-state index in [2.05, 4.69) is 5.32 Å². The number of benzene rings is 2. The third-order valence-electron chi connectivity index (χ3n) is 5.11. The first-order valence-electron chi connectivity index (χ1n) is 9.30. The molecule has 30 heavy (non-hydrogen) atoms. The number of ether oxygens (including phenoxy) is 2. The largest absolute Gasteiger partial charge is 0.493 e. The highest BCUT2D eigenvalue weighted by Crippen LogP contribution is 2.29. The van der Waals surface area contributed by atoms with Gasteiger partial charge in [0.15, 0.2) is 31.2 Å². The molecule has 7 nitrogen and oxygen atoms in total. The molecule has 2 aromatic carbocycles. The van der Waals surface area contributed by atoms with Crippen LogP contribution in [0.3, 0.4) is 0 Å². The van der Waals surface area contributed by atoms with Crippen molar-refractivity contribution >= 4 is 31.3 Å². The predicted octanol–water partition coefficient (Wildman–Crippen LogP) is 2.13. The Morgan fingerprint density at radius 3 is 2.33 bits per heavy atom. The maximum atomic E-state index is 13.1. The van der Waals surface area contributed by atoms with Crippen molar-refractivity contribution in [1.29, 1.82) is 0 Å². The van der Waals surface area contributed by atoms with Gasteiger partial charge in [-0.15, -0.1) is 0 Å². The molecular formula is C20H24ClNO6S2. The van der Waals surface area contributed by atoms with E-state index in [1.165, 1.54) is 24.3 Å². The van der Waals surface area contributed by atoms with E-state index in [1.807, 2.05) is 12.1 Å². The summed E-state index contributed by atoms with van der Waals surface area (Å²) in [5.41, 5.74) is 0.957. The van der Waals surface area contributed by atoms with Crippen LogP contribution < -0.4 is 14.8 Å². The van der Waals surface area contributed by atoms with Crippen molar-refractivity contribution < 1.29 is 26.3 Å². The van der Waals surface area contributed by atoms with Crippen molar-refractivity contribution in [1.82, 2.24) is 5.32 Å². The van der Waals surface area contributed by atoms with Crippen LogP contribution in [0.1, 0.15) is 5.56 Å². The number of sulfone groups is 2. The first-order valence-corrected chi connectivity index (χ1v) is 13.0. The van der Waals surface area contributed by atoms with Crippen LogP contribution in [-0.2, 0) is 26.1 Å². The Morgan fingerprint density at radius 1 is 1.03 bits per heavy atom. The van der Waals surface area contributed by atoms with Crippen molar-refractivity contribution in [3.05, 3.63) is 53.1 Å². The molecule has 2 atom stereocenters. The van der Waals surface area contributed by atoms with E-state index in [0.717, 1.165) is 5.56 Å². The molecule has 0 aromatic heterocycles. The van der Waals surface area contributed by atoms with Gasteiger partial charge < -0.3 is 14.8 Å². The predicted molar refractivity (Wildman–Crippen MR) is 116 cm³/mol. The Labute approximate surface area is 182 Å². The summed E-state index contributed by atoms with van der Waals surface area (Å²) >= 11 is 5.84. The molecule has 1 heterocycles. The number of hydrogen-bond donors (Lipinski definition) is 1. The normalized spacial score (nSPS) is 20.8. The average Bonchev–Trinajstić information content (AvgIpc) is 3.03. The van der Waals surface area contributed by atoms with E-state index < -0.39 is 36.7 Å². The summed E-state index contributed by atoms with van der Waals surface area (Å²) in [6.45, 7) is 0.419. The standard InChI is InChI=1S/C20H24ClNO6S2/c1-27-18-8-3-14(11-19(18)28-2)9-10-22-17-12-29(23,24)13-20(17)30(25,26)16-6-4-15(21)5-7-16/h3-8,11,17,20,22H,9-10,12-13H2,1-2H3/t17-,20-/m1/s1. The topological polar surface area (TPSA) is 98.8 Å². The number of rotatable bonds is 8. The number of nitrogens with one attached hydrogen (secondary N) is 1. The second-order valence-corrected chi connectivity index (χ2v) is 11.9. The second kappa shape index (κ2) is 9.13. The fourth-order valence-corrected chi connectivity index (χ4v) is 8.39. The zero-order valence-electron chi connectivity index (χ0n) is 16.7. The van der Waals surface area contributed by atoms with E-state index in [0.29, 0.717) is 29.5 Å². The Kier molecular flexibility index (Phi) is 6.96. The first kappa shape index (κ1) is 22.9. The van der Waals surface area contributed by atoms with Crippen LogP contribution in [0, 0.1) is 0 Å². The van der Waals surface area contributed by atoms with E-state index in [9.17, 15) is 16.8 Å². The van der Waals surface area contributed by atoms with Crippen LogP contribution in [0.2, 0.25) is 5.02 Å². The molecule has 1 aliphatic rings. The van der Waals surface area contributed by atoms with Gasteiger partial charge in [-0.1, -0.05) is 17.7 Å². The van der Waals surface area contributed by atoms with Crippen molar-refractivity contribution in [3.8, 4) is 11.5 Å². The first-order chi connectivity index (χ1) is 14.2. The molecule has 1 fully saturated rings. The number of methoxy groups -OCH3 is 2. The van der Waals surface area contributed by atoms with E-state index >= 15 is 0 Å². The fraction of sp³-hybridized carbons (Fsp3) is 0.400. The lowest BCUT2D eigenvalue weighted by Gasteiger charge is -2.20. The van der Waals surface area contributed by atoms with Gasteiger partial charge in [0.25, 0.3) is 0 Å². The average molecular weight is 474 g/mol. The molecule has 10 heteroatoms. The molecule has 164 valence electrons. The van der Waals surface area contributed by atoms with Gasteiger partial charge in [-0.25, -0.2) is 16.8 Å². The minimum atomic E-state index is -3.83. The summed E-state index contributed by atoms with van der Waals surface area (Å²) in [4.78, 5) is 0.0701. The monoisotopic (exact) mass is 473 g/mol. The maximum absolute atomic E-state index is 13.1. The highest BCUT2D eigenvalue weighted by Gasteiger charge is 2.45. The zero-order valence-corrected chi connectivity index (χ0v) is 19.1. The van der Waals surface area contributed by atoms with Gasteiger partial charge in [0, 0.05) is 11.1 Å². The smallest absolute Gasteiger partial charge is 0.183 e. The molecule has 2 aromatic rings. The number of hydrogen-bond acceptors (Lipinski definition) is 7. The van der Waals surface area contributed by atoms with E-state index in [1.54, 1.807) is 20.3 Å². The van der Waals surface area contributed by atoms with Gasteiger partial charge in [-0.05, 0) is 54.9 Å². The summed E-state index contributed by atoms with van der Waals surface area (Å²) < 4.78 is 61.0. The van der Waals surface area contributed by atoms with E-state index in [-0.39, 0.29) is 10.6 Å². The van der Waals surface area contributed by atoms with Crippen molar-refractivity contribution in [2.75, 3.05) is 32.3 Å². The highest BCUT2D eigenvalue weighted by atomic mass is 35.5. The quantitative estimate of drug-likeness (QED) is 0.627. The minimum absolute atomic E-state index is 0.0701. The van der Waals surface area contributed by atoms with Gasteiger partial charge >= 0.3 is 0 Å². The Morgan fingerprint density at radius 2 is 1.70 bits per heavy atom. The third-order valence-corrected chi connectivity index (χ3v) is 9.53. The van der Waals surface area contributed by atoms with Crippen molar-refractivity contribution in [2.45, 2.75) is 22.6 Å². The van der Waals surface area contributed by atoms with Crippen LogP contribution in [0.15, 0.2) is 47.4 Å². The lowest BCUT2D eigenvalue weighted by atomic mass is 10.1. The molecule has 0 unspecified atom stereocenters. The van der Waals surface area contributed by atoms with Crippen LogP contribution in [0.4, 0.5) is 0 Å². The Balaban J connectivity index is 1.73. The Bertz CT molecular complexity index is 1100. The summed E-state index contributed by atoms with van der Waals surface area (Å²) in [5, 5.41) is 2.50. The third kappa shape index (κ3) is 5.08. The van der Waals surface area contributed by atoms with Crippen LogP contribution in [0.5, 0.6) is 11.5 Å². The molecule has 0 saturated carbocycles. The molecule has 0 radical (unpaired) electrons. The lowest BCUT2D eigenvalue weighted by molar-refractivity contribution is 0.354. The van der Waals surface area contributed by atoms with Gasteiger partial charge in [-0.2, -0.15) is 0 Å². The second-order valence-electron chi connectivity index (χ2n) is 7.11. The molecule has 0 spiro atoms. The minimum Gasteiger partial charge on any atom is -0.493 e. The molecule has 1 saturated heterocycles. The van der Waals surface area contributed by atoms with E-state index in [4.69, 9.17) is 21.1 Å². The zero-order chi connectivity index (χ0) is 21.9. The van der Waals surface area contributed by atoms with Gasteiger partial charge in [0.05, 0.1) is 35.9 Å². The van der Waals surface area contributed by atoms with Crippen LogP contribution >= 0.6 is 11.6 Å². The Hall–Kier alpha value is -1.81. The SMILES string of the molecule is COc1ccc(CCN[C@@H]2CS(=O)(=O)C[C@H]2S(=O)(=O)c2ccc(Cl)cc2)cc1OC. The van der Waals surface area contributed by atoms with Crippen LogP contribution in [0.25, 0.3) is 0 Å². The summed E-state index contributed by atoms with van der Waals surface area (Å²) in [5.74, 6) is 0.606. The molecule has 0 aliphatic carbocycles. The lowest BCUT2D eigenvalue weighted by Crippen LogP contribution is -2.44. The number of halogens is 1. The summed E-state index contributed by atoms with van der Waals surface area (Å²) in [6, 6.07) is 10.6. The van der Waals surface area contributed by atoms with Gasteiger partial charge in [0.1, 0.15) is 0 Å². The highest BCUT2D eigenvalue weighted by molar-refractivity contribution is 7.96. The molecule has 1 aliphatic heterocycles.